The van der Waals surface area contributed by atoms with Crippen LogP contribution in [0.15, 0.2) is 17.5 Å². The lowest BCUT2D eigenvalue weighted by molar-refractivity contribution is -0.141. The first kappa shape index (κ1) is 14.5. The molecular formula is C12H18N2O3S. The summed E-state index contributed by atoms with van der Waals surface area (Å²) in [6, 6.07) is 3.01. The Bertz CT molecular complexity index is 405. The van der Waals surface area contributed by atoms with Gasteiger partial charge in [0.1, 0.15) is 0 Å². The van der Waals surface area contributed by atoms with Gasteiger partial charge in [-0.25, -0.2) is 4.79 Å². The Balaban J connectivity index is 2.44. The maximum absolute atomic E-state index is 11.7. The summed E-state index contributed by atoms with van der Waals surface area (Å²) in [5.41, 5.74) is 0. The van der Waals surface area contributed by atoms with Crippen LogP contribution in [0.25, 0.3) is 0 Å². The first-order valence-corrected chi connectivity index (χ1v) is 6.63. The molecule has 0 aliphatic rings. The summed E-state index contributed by atoms with van der Waals surface area (Å²) in [6.45, 7) is 5.13. The molecule has 0 saturated heterocycles. The third-order valence-corrected chi connectivity index (χ3v) is 3.87. The average Bonchev–Trinajstić information content (AvgIpc) is 2.80. The van der Waals surface area contributed by atoms with Crippen molar-refractivity contribution in [2.75, 3.05) is 0 Å². The number of hydrogen-bond acceptors (Lipinski definition) is 3. The van der Waals surface area contributed by atoms with Crippen LogP contribution >= 0.6 is 11.3 Å². The monoisotopic (exact) mass is 270 g/mol. The van der Waals surface area contributed by atoms with E-state index in [1.165, 1.54) is 0 Å². The first-order valence-electron chi connectivity index (χ1n) is 5.75. The predicted octanol–water partition coefficient (Wildman–Crippen LogP) is 2.22. The van der Waals surface area contributed by atoms with E-state index in [4.69, 9.17) is 5.11 Å². The average molecular weight is 270 g/mol. The van der Waals surface area contributed by atoms with E-state index in [0.717, 1.165) is 4.88 Å². The summed E-state index contributed by atoms with van der Waals surface area (Å²) in [6.07, 6.45) is 0. The Hall–Kier alpha value is -1.56. The zero-order valence-electron chi connectivity index (χ0n) is 10.6. The Labute approximate surface area is 110 Å². The molecule has 3 atom stereocenters. The fourth-order valence-corrected chi connectivity index (χ4v) is 2.13. The molecule has 3 unspecified atom stereocenters. The maximum atomic E-state index is 11.7. The minimum absolute atomic E-state index is 0.0858. The summed E-state index contributed by atoms with van der Waals surface area (Å²) < 4.78 is 0. The van der Waals surface area contributed by atoms with Gasteiger partial charge >= 0.3 is 12.0 Å². The molecule has 0 radical (unpaired) electrons. The Morgan fingerprint density at radius 2 is 1.94 bits per heavy atom. The molecule has 0 saturated carbocycles. The summed E-state index contributed by atoms with van der Waals surface area (Å²) >= 11 is 1.57. The first-order chi connectivity index (χ1) is 8.41. The van der Waals surface area contributed by atoms with Gasteiger partial charge in [-0.15, -0.1) is 11.3 Å². The van der Waals surface area contributed by atoms with Crippen LogP contribution in [0.4, 0.5) is 4.79 Å². The quantitative estimate of drug-likeness (QED) is 0.767. The number of carbonyl (C=O) groups is 2. The second kappa shape index (κ2) is 6.39. The Morgan fingerprint density at radius 3 is 2.44 bits per heavy atom. The number of carbonyl (C=O) groups excluding carboxylic acids is 1. The van der Waals surface area contributed by atoms with Gasteiger partial charge in [-0.2, -0.15) is 0 Å². The van der Waals surface area contributed by atoms with Gasteiger partial charge in [0.2, 0.25) is 0 Å². The SMILES string of the molecule is CC(NC(=O)NC(C)C(C)C(=O)O)c1cccs1. The molecule has 1 aromatic heterocycles. The molecule has 3 N–H and O–H groups in total. The largest absolute Gasteiger partial charge is 0.481 e. The Kier molecular flexibility index (Phi) is 5.15. The fraction of sp³-hybridized carbons (Fsp3) is 0.500. The van der Waals surface area contributed by atoms with Crippen molar-refractivity contribution in [1.82, 2.24) is 10.6 Å². The highest BCUT2D eigenvalue weighted by Crippen LogP contribution is 2.17. The van der Waals surface area contributed by atoms with Crippen LogP contribution < -0.4 is 10.6 Å². The lowest BCUT2D eigenvalue weighted by atomic mass is 10.0. The van der Waals surface area contributed by atoms with Crippen molar-refractivity contribution in [3.8, 4) is 0 Å². The topological polar surface area (TPSA) is 78.4 Å². The summed E-state index contributed by atoms with van der Waals surface area (Å²) in [5.74, 6) is -1.54. The van der Waals surface area contributed by atoms with Gasteiger partial charge in [0.05, 0.1) is 12.0 Å². The summed E-state index contributed by atoms with van der Waals surface area (Å²) in [5, 5.41) is 16.2. The van der Waals surface area contributed by atoms with E-state index in [2.05, 4.69) is 10.6 Å². The fourth-order valence-electron chi connectivity index (χ4n) is 1.39. The molecule has 1 rings (SSSR count). The van der Waals surface area contributed by atoms with Crippen molar-refractivity contribution in [3.63, 3.8) is 0 Å². The molecule has 1 heterocycles. The molecular weight excluding hydrogens is 252 g/mol. The molecule has 2 amide bonds. The van der Waals surface area contributed by atoms with Crippen LogP contribution in [-0.2, 0) is 4.79 Å². The number of nitrogens with one attached hydrogen (secondary N) is 2. The number of thiophene rings is 1. The van der Waals surface area contributed by atoms with Crippen molar-refractivity contribution < 1.29 is 14.7 Å². The third kappa shape index (κ3) is 4.03. The number of carboxylic acids is 1. The maximum Gasteiger partial charge on any atom is 0.315 e. The van der Waals surface area contributed by atoms with Crippen LogP contribution in [0.1, 0.15) is 31.7 Å². The lowest BCUT2D eigenvalue weighted by Crippen LogP contribution is -2.45. The van der Waals surface area contributed by atoms with E-state index in [1.54, 1.807) is 25.2 Å². The van der Waals surface area contributed by atoms with Crippen LogP contribution in [-0.4, -0.2) is 23.1 Å². The number of hydrogen-bond donors (Lipinski definition) is 3. The molecule has 6 heteroatoms. The molecule has 18 heavy (non-hydrogen) atoms. The van der Waals surface area contributed by atoms with E-state index in [-0.39, 0.29) is 12.1 Å². The normalized spacial score (nSPS) is 15.5. The van der Waals surface area contributed by atoms with Gasteiger partial charge in [-0.3, -0.25) is 4.79 Å². The van der Waals surface area contributed by atoms with Crippen molar-refractivity contribution >= 4 is 23.3 Å². The van der Waals surface area contributed by atoms with Crippen molar-refractivity contribution in [1.29, 1.82) is 0 Å². The van der Waals surface area contributed by atoms with E-state index in [1.807, 2.05) is 24.4 Å². The van der Waals surface area contributed by atoms with Crippen LogP contribution in [0.5, 0.6) is 0 Å². The Morgan fingerprint density at radius 1 is 1.28 bits per heavy atom. The van der Waals surface area contributed by atoms with Gasteiger partial charge in [0.25, 0.3) is 0 Å². The highest BCUT2D eigenvalue weighted by Gasteiger charge is 2.21. The molecule has 1 aromatic rings. The lowest BCUT2D eigenvalue weighted by Gasteiger charge is -2.20. The van der Waals surface area contributed by atoms with E-state index in [0.29, 0.717) is 0 Å². The minimum Gasteiger partial charge on any atom is -0.481 e. The van der Waals surface area contributed by atoms with E-state index >= 15 is 0 Å². The molecule has 0 aliphatic heterocycles. The van der Waals surface area contributed by atoms with E-state index in [9.17, 15) is 9.59 Å². The molecule has 0 fully saturated rings. The van der Waals surface area contributed by atoms with Gasteiger partial charge in [0.15, 0.2) is 0 Å². The van der Waals surface area contributed by atoms with Gasteiger partial charge in [-0.1, -0.05) is 6.07 Å². The number of urea groups is 1. The van der Waals surface area contributed by atoms with Gasteiger partial charge < -0.3 is 15.7 Å². The number of aliphatic carboxylic acids is 1. The van der Waals surface area contributed by atoms with Crippen LogP contribution in [0.2, 0.25) is 0 Å². The van der Waals surface area contributed by atoms with Crippen molar-refractivity contribution in [2.45, 2.75) is 32.9 Å². The van der Waals surface area contributed by atoms with Crippen LogP contribution in [0.3, 0.4) is 0 Å². The molecule has 0 aromatic carbocycles. The molecule has 100 valence electrons. The predicted molar refractivity (Wildman–Crippen MR) is 70.7 cm³/mol. The van der Waals surface area contributed by atoms with Crippen molar-refractivity contribution in [2.24, 2.45) is 5.92 Å². The summed E-state index contributed by atoms with van der Waals surface area (Å²) in [4.78, 5) is 23.5. The number of rotatable bonds is 5. The smallest absolute Gasteiger partial charge is 0.315 e. The van der Waals surface area contributed by atoms with Gasteiger partial charge in [-0.05, 0) is 32.2 Å². The van der Waals surface area contributed by atoms with Crippen LogP contribution in [0, 0.1) is 5.92 Å². The molecule has 0 aliphatic carbocycles. The molecule has 0 spiro atoms. The van der Waals surface area contributed by atoms with Crippen molar-refractivity contribution in [3.05, 3.63) is 22.4 Å². The number of carboxylic acid groups (broad SMARTS) is 1. The van der Waals surface area contributed by atoms with Gasteiger partial charge in [0, 0.05) is 10.9 Å². The highest BCUT2D eigenvalue weighted by molar-refractivity contribution is 7.10. The van der Waals surface area contributed by atoms with E-state index < -0.39 is 17.9 Å². The highest BCUT2D eigenvalue weighted by atomic mass is 32.1. The zero-order valence-corrected chi connectivity index (χ0v) is 11.5. The third-order valence-electron chi connectivity index (χ3n) is 2.82. The minimum atomic E-state index is -0.922. The number of amides is 2. The zero-order chi connectivity index (χ0) is 13.7. The second-order valence-electron chi connectivity index (χ2n) is 4.27. The second-order valence-corrected chi connectivity index (χ2v) is 5.25. The standard InChI is InChI=1S/C12H18N2O3S/c1-7(11(15)16)8(2)13-12(17)14-9(3)10-5-4-6-18-10/h4-9H,1-3H3,(H,15,16)(H2,13,14,17). The molecule has 0 bridgehead atoms. The summed E-state index contributed by atoms with van der Waals surface area (Å²) in [7, 11) is 0. The molecule has 5 nitrogen and oxygen atoms in total.